The number of halogens is 1. The maximum Gasteiger partial charge on any atom is 0.218 e. The Morgan fingerprint density at radius 2 is 1.93 bits per heavy atom. The summed E-state index contributed by atoms with van der Waals surface area (Å²) in [6, 6.07) is 18.2. The Kier molecular flexibility index (Phi) is 9.78. The summed E-state index contributed by atoms with van der Waals surface area (Å²) in [4.78, 5) is 10.0. The number of aliphatic imine (C=N–C) groups is 1. The lowest BCUT2D eigenvalue weighted by atomic mass is 10.2. The zero-order chi connectivity index (χ0) is 18.7. The minimum Gasteiger partial charge on any atom is -0.473 e. The zero-order valence-electron chi connectivity index (χ0n) is 15.8. The third-order valence-electron chi connectivity index (χ3n) is 3.98. The van der Waals surface area contributed by atoms with Crippen LogP contribution < -0.4 is 15.4 Å². The number of guanidine groups is 1. The molecule has 148 valence electrons. The van der Waals surface area contributed by atoms with Crippen molar-refractivity contribution in [3.63, 3.8) is 0 Å². The van der Waals surface area contributed by atoms with Crippen LogP contribution >= 0.6 is 35.3 Å². The van der Waals surface area contributed by atoms with E-state index in [4.69, 9.17) is 4.74 Å². The van der Waals surface area contributed by atoms with Crippen molar-refractivity contribution in [2.45, 2.75) is 19.6 Å². The standard InChI is InChI=1S/C21H24N4OS.HI/c1-22-21(24-13-11-19-10-6-14-27-19)25-15-18-9-5-12-23-20(18)26-16-17-7-3-2-4-8-17;/h2-10,12,14H,11,13,15-16H2,1H3,(H2,22,24,25);1H. The fourth-order valence-corrected chi connectivity index (χ4v) is 3.28. The Balaban J connectivity index is 0.00000280. The molecule has 1 aromatic carbocycles. The summed E-state index contributed by atoms with van der Waals surface area (Å²) in [6.45, 7) is 1.93. The third kappa shape index (κ3) is 7.12. The Morgan fingerprint density at radius 1 is 1.07 bits per heavy atom. The number of benzene rings is 1. The minimum atomic E-state index is 0. The number of aromatic nitrogens is 1. The van der Waals surface area contributed by atoms with Gasteiger partial charge in [-0.1, -0.05) is 42.5 Å². The molecular formula is C21H25IN4OS. The molecule has 0 atom stereocenters. The Morgan fingerprint density at radius 3 is 2.68 bits per heavy atom. The summed E-state index contributed by atoms with van der Waals surface area (Å²) in [5.41, 5.74) is 2.11. The first-order chi connectivity index (χ1) is 13.3. The molecule has 3 aromatic rings. The van der Waals surface area contributed by atoms with Crippen LogP contribution in [0.15, 0.2) is 71.2 Å². The molecule has 2 N–H and O–H groups in total. The average Bonchev–Trinajstić information content (AvgIpc) is 3.24. The van der Waals surface area contributed by atoms with E-state index in [1.165, 1.54) is 4.88 Å². The van der Waals surface area contributed by atoms with Crippen molar-refractivity contribution in [1.82, 2.24) is 15.6 Å². The molecule has 0 unspecified atom stereocenters. The van der Waals surface area contributed by atoms with Gasteiger partial charge in [-0.3, -0.25) is 4.99 Å². The average molecular weight is 508 g/mol. The van der Waals surface area contributed by atoms with Crippen LogP contribution in [-0.4, -0.2) is 24.5 Å². The predicted octanol–water partition coefficient (Wildman–Crippen LogP) is 4.25. The van der Waals surface area contributed by atoms with Gasteiger partial charge in [-0.05, 0) is 29.5 Å². The van der Waals surface area contributed by atoms with Gasteiger partial charge in [-0.15, -0.1) is 35.3 Å². The van der Waals surface area contributed by atoms with Crippen LogP contribution in [-0.2, 0) is 19.6 Å². The zero-order valence-corrected chi connectivity index (χ0v) is 18.9. The molecule has 0 bridgehead atoms. The van der Waals surface area contributed by atoms with Gasteiger partial charge in [0.15, 0.2) is 5.96 Å². The second-order valence-corrected chi connectivity index (χ2v) is 6.96. The molecule has 0 saturated heterocycles. The second-order valence-electron chi connectivity index (χ2n) is 5.92. The van der Waals surface area contributed by atoms with E-state index < -0.39 is 0 Å². The monoisotopic (exact) mass is 508 g/mol. The molecule has 0 radical (unpaired) electrons. The van der Waals surface area contributed by atoms with Crippen molar-refractivity contribution < 1.29 is 4.74 Å². The van der Waals surface area contributed by atoms with Gasteiger partial charge in [0, 0.05) is 36.8 Å². The normalized spacial score (nSPS) is 10.8. The van der Waals surface area contributed by atoms with Gasteiger partial charge in [-0.25, -0.2) is 4.98 Å². The molecule has 0 aliphatic rings. The van der Waals surface area contributed by atoms with Gasteiger partial charge in [0.1, 0.15) is 6.61 Å². The molecule has 28 heavy (non-hydrogen) atoms. The van der Waals surface area contributed by atoms with Crippen LogP contribution in [0.4, 0.5) is 0 Å². The Hall–Kier alpha value is -2.13. The van der Waals surface area contributed by atoms with Gasteiger partial charge in [-0.2, -0.15) is 0 Å². The lowest BCUT2D eigenvalue weighted by molar-refractivity contribution is 0.290. The largest absolute Gasteiger partial charge is 0.473 e. The number of thiophene rings is 1. The van der Waals surface area contributed by atoms with Gasteiger partial charge in [0.05, 0.1) is 0 Å². The van der Waals surface area contributed by atoms with Gasteiger partial charge < -0.3 is 15.4 Å². The highest BCUT2D eigenvalue weighted by Crippen LogP contribution is 2.16. The fourth-order valence-electron chi connectivity index (χ4n) is 2.57. The number of ether oxygens (including phenoxy) is 1. The Labute approximate surface area is 187 Å². The van der Waals surface area contributed by atoms with E-state index in [-0.39, 0.29) is 24.0 Å². The SMILES string of the molecule is CN=C(NCCc1cccs1)NCc1cccnc1OCc1ccccc1.I. The highest BCUT2D eigenvalue weighted by molar-refractivity contribution is 14.0. The first-order valence-electron chi connectivity index (χ1n) is 8.92. The summed E-state index contributed by atoms with van der Waals surface area (Å²) in [7, 11) is 1.77. The summed E-state index contributed by atoms with van der Waals surface area (Å²) in [6.07, 6.45) is 2.73. The summed E-state index contributed by atoms with van der Waals surface area (Å²) in [5, 5.41) is 8.77. The first-order valence-corrected chi connectivity index (χ1v) is 9.80. The van der Waals surface area contributed by atoms with Crippen LogP contribution in [0.1, 0.15) is 16.0 Å². The molecular weight excluding hydrogens is 483 g/mol. The highest BCUT2D eigenvalue weighted by atomic mass is 127. The van der Waals surface area contributed by atoms with Crippen molar-refractivity contribution in [3.05, 3.63) is 82.2 Å². The maximum absolute atomic E-state index is 5.91. The molecule has 3 rings (SSSR count). The smallest absolute Gasteiger partial charge is 0.218 e. The number of pyridine rings is 1. The predicted molar refractivity (Wildman–Crippen MR) is 127 cm³/mol. The number of hydrogen-bond acceptors (Lipinski definition) is 4. The molecule has 0 spiro atoms. The van der Waals surface area contributed by atoms with Crippen molar-refractivity contribution in [1.29, 1.82) is 0 Å². The minimum absolute atomic E-state index is 0. The topological polar surface area (TPSA) is 58.5 Å². The highest BCUT2D eigenvalue weighted by Gasteiger charge is 2.06. The number of nitrogens with zero attached hydrogens (tertiary/aromatic N) is 2. The van der Waals surface area contributed by atoms with Gasteiger partial charge in [0.2, 0.25) is 5.88 Å². The lowest BCUT2D eigenvalue weighted by Gasteiger charge is -2.14. The van der Waals surface area contributed by atoms with E-state index in [0.717, 1.165) is 30.1 Å². The number of nitrogens with one attached hydrogen (secondary N) is 2. The van der Waals surface area contributed by atoms with E-state index in [2.05, 4.69) is 38.1 Å². The molecule has 0 aliphatic heterocycles. The Bertz CT molecular complexity index is 841. The van der Waals surface area contributed by atoms with E-state index in [9.17, 15) is 0 Å². The molecule has 0 amide bonds. The van der Waals surface area contributed by atoms with E-state index in [1.54, 1.807) is 24.6 Å². The van der Waals surface area contributed by atoms with Crippen LogP contribution in [0.3, 0.4) is 0 Å². The third-order valence-corrected chi connectivity index (χ3v) is 4.92. The quantitative estimate of drug-likeness (QED) is 0.272. The van der Waals surface area contributed by atoms with Crippen LogP contribution in [0, 0.1) is 0 Å². The first kappa shape index (κ1) is 22.2. The maximum atomic E-state index is 5.91. The lowest BCUT2D eigenvalue weighted by Crippen LogP contribution is -2.37. The van der Waals surface area contributed by atoms with Crippen LogP contribution in [0.5, 0.6) is 5.88 Å². The van der Waals surface area contributed by atoms with Gasteiger partial charge >= 0.3 is 0 Å². The number of hydrogen-bond donors (Lipinski definition) is 2. The van der Waals surface area contributed by atoms with Crippen molar-refractivity contribution >= 4 is 41.3 Å². The molecule has 5 nitrogen and oxygen atoms in total. The summed E-state index contributed by atoms with van der Waals surface area (Å²) < 4.78 is 5.91. The molecule has 2 aromatic heterocycles. The second kappa shape index (κ2) is 12.4. The number of rotatable bonds is 8. The summed E-state index contributed by atoms with van der Waals surface area (Å²) in [5.74, 6) is 1.41. The summed E-state index contributed by atoms with van der Waals surface area (Å²) >= 11 is 1.77. The van der Waals surface area contributed by atoms with Crippen molar-refractivity contribution in [3.8, 4) is 5.88 Å². The van der Waals surface area contributed by atoms with Gasteiger partial charge in [0.25, 0.3) is 0 Å². The van der Waals surface area contributed by atoms with Crippen molar-refractivity contribution in [2.24, 2.45) is 4.99 Å². The van der Waals surface area contributed by atoms with Crippen LogP contribution in [0.2, 0.25) is 0 Å². The molecule has 2 heterocycles. The molecule has 0 aliphatic carbocycles. The fraction of sp³-hybridized carbons (Fsp3) is 0.238. The van der Waals surface area contributed by atoms with E-state index in [1.807, 2.05) is 42.5 Å². The molecule has 0 fully saturated rings. The molecule has 0 saturated carbocycles. The van der Waals surface area contributed by atoms with Crippen molar-refractivity contribution in [2.75, 3.05) is 13.6 Å². The van der Waals surface area contributed by atoms with Crippen LogP contribution in [0.25, 0.3) is 0 Å². The van der Waals surface area contributed by atoms with E-state index >= 15 is 0 Å². The molecule has 7 heteroatoms. The van der Waals surface area contributed by atoms with E-state index in [0.29, 0.717) is 19.0 Å².